The number of carbonyl (C=O) groups excluding carboxylic acids is 1. The van der Waals surface area contributed by atoms with Crippen LogP contribution in [0, 0.1) is 11.8 Å². The highest BCUT2D eigenvalue weighted by molar-refractivity contribution is 5.81. The van der Waals surface area contributed by atoms with E-state index in [0.29, 0.717) is 5.92 Å². The Morgan fingerprint density at radius 2 is 2.10 bits per heavy atom. The minimum atomic E-state index is -0.379. The van der Waals surface area contributed by atoms with Crippen molar-refractivity contribution < 1.29 is 4.79 Å². The van der Waals surface area contributed by atoms with Gasteiger partial charge in [-0.1, -0.05) is 33.6 Å². The molecule has 0 bridgehead atoms. The number of nitrogens with zero attached hydrogens (tertiary/aromatic N) is 1. The van der Waals surface area contributed by atoms with E-state index >= 15 is 0 Å². The summed E-state index contributed by atoms with van der Waals surface area (Å²) in [5.74, 6) is 1.18. The van der Waals surface area contributed by atoms with Gasteiger partial charge in [-0.15, -0.1) is 0 Å². The molecule has 1 amide bonds. The summed E-state index contributed by atoms with van der Waals surface area (Å²) in [6, 6.07) is -0.379. The lowest BCUT2D eigenvalue weighted by Crippen LogP contribution is -2.56. The number of rotatable bonds is 6. The van der Waals surface area contributed by atoms with Crippen LogP contribution in [0.1, 0.15) is 52.9 Å². The summed E-state index contributed by atoms with van der Waals surface area (Å²) in [6.07, 6.45) is 5.60. The molecule has 0 heterocycles. The number of amides is 1. The van der Waals surface area contributed by atoms with E-state index in [4.69, 9.17) is 5.73 Å². The standard InChI is InChI=1S/C16H33N3O/c1-12(2)9-14(17)15(20)18-11-16(19(4)5)8-6-7-13(3)10-16/h12-14H,6-11,17H2,1-5H3,(H,18,20). The molecule has 3 N–H and O–H groups in total. The van der Waals surface area contributed by atoms with Crippen molar-refractivity contribution in [2.24, 2.45) is 17.6 Å². The van der Waals surface area contributed by atoms with Gasteiger partial charge >= 0.3 is 0 Å². The molecule has 3 unspecified atom stereocenters. The zero-order valence-corrected chi connectivity index (χ0v) is 13.9. The molecular formula is C16H33N3O. The number of nitrogens with one attached hydrogen (secondary N) is 1. The van der Waals surface area contributed by atoms with E-state index in [1.54, 1.807) is 0 Å². The van der Waals surface area contributed by atoms with Gasteiger partial charge in [-0.25, -0.2) is 0 Å². The SMILES string of the molecule is CC(C)CC(N)C(=O)NCC1(N(C)C)CCCC(C)C1. The van der Waals surface area contributed by atoms with E-state index < -0.39 is 0 Å². The topological polar surface area (TPSA) is 58.4 Å². The molecule has 0 aromatic heterocycles. The van der Waals surface area contributed by atoms with Crippen LogP contribution in [0.25, 0.3) is 0 Å². The Labute approximate surface area is 124 Å². The minimum absolute atomic E-state index is 0.00171. The first-order valence-electron chi connectivity index (χ1n) is 7.97. The number of hydrogen-bond acceptors (Lipinski definition) is 3. The molecule has 1 aliphatic carbocycles. The van der Waals surface area contributed by atoms with Gasteiger partial charge in [0.15, 0.2) is 0 Å². The van der Waals surface area contributed by atoms with Crippen molar-refractivity contribution in [2.45, 2.75) is 64.5 Å². The summed E-state index contributed by atoms with van der Waals surface area (Å²) in [5, 5.41) is 3.09. The highest BCUT2D eigenvalue weighted by atomic mass is 16.2. The van der Waals surface area contributed by atoms with Crippen LogP contribution < -0.4 is 11.1 Å². The third kappa shape index (κ3) is 4.74. The Bertz CT molecular complexity index is 317. The summed E-state index contributed by atoms with van der Waals surface area (Å²) in [7, 11) is 4.25. The van der Waals surface area contributed by atoms with E-state index in [1.165, 1.54) is 12.8 Å². The van der Waals surface area contributed by atoms with Gasteiger partial charge in [0.2, 0.25) is 5.91 Å². The first kappa shape index (κ1) is 17.4. The summed E-state index contributed by atoms with van der Waals surface area (Å²) >= 11 is 0. The fourth-order valence-corrected chi connectivity index (χ4v) is 3.35. The summed E-state index contributed by atoms with van der Waals surface area (Å²) < 4.78 is 0. The predicted molar refractivity (Wildman–Crippen MR) is 84.5 cm³/mol. The van der Waals surface area contributed by atoms with Crippen molar-refractivity contribution in [3.63, 3.8) is 0 Å². The zero-order chi connectivity index (χ0) is 15.3. The Kier molecular flexibility index (Phi) is 6.46. The molecule has 3 atom stereocenters. The Morgan fingerprint density at radius 3 is 2.60 bits per heavy atom. The van der Waals surface area contributed by atoms with Gasteiger partial charge in [0, 0.05) is 12.1 Å². The average Bonchev–Trinajstić information content (AvgIpc) is 2.34. The summed E-state index contributed by atoms with van der Waals surface area (Å²) in [5.41, 5.74) is 6.06. The quantitative estimate of drug-likeness (QED) is 0.784. The van der Waals surface area contributed by atoms with Gasteiger partial charge in [-0.3, -0.25) is 4.79 Å². The van der Waals surface area contributed by atoms with Gasteiger partial charge in [0.1, 0.15) is 0 Å². The largest absolute Gasteiger partial charge is 0.353 e. The van der Waals surface area contributed by atoms with Gasteiger partial charge in [0.05, 0.1) is 6.04 Å². The van der Waals surface area contributed by atoms with Gasteiger partial charge in [0.25, 0.3) is 0 Å². The smallest absolute Gasteiger partial charge is 0.236 e. The molecule has 1 aliphatic rings. The van der Waals surface area contributed by atoms with Crippen LogP contribution in [0.3, 0.4) is 0 Å². The molecule has 1 rings (SSSR count). The Hall–Kier alpha value is -0.610. The first-order valence-corrected chi connectivity index (χ1v) is 7.97. The molecule has 0 aromatic carbocycles. The molecule has 1 fully saturated rings. The normalized spacial score (nSPS) is 28.7. The van der Waals surface area contributed by atoms with Gasteiger partial charge in [-0.05, 0) is 45.2 Å². The molecule has 4 nitrogen and oxygen atoms in total. The summed E-state index contributed by atoms with van der Waals surface area (Å²) in [6.45, 7) is 7.22. The molecule has 0 saturated heterocycles. The molecule has 4 heteroatoms. The number of carbonyl (C=O) groups is 1. The van der Waals surface area contributed by atoms with Crippen LogP contribution >= 0.6 is 0 Å². The second kappa shape index (κ2) is 7.41. The van der Waals surface area contributed by atoms with Crippen LogP contribution in [0.4, 0.5) is 0 Å². The number of likely N-dealkylation sites (N-methyl/N-ethyl adjacent to an activating group) is 1. The second-order valence-corrected chi connectivity index (χ2v) is 7.27. The molecule has 118 valence electrons. The second-order valence-electron chi connectivity index (χ2n) is 7.27. The third-order valence-electron chi connectivity index (χ3n) is 4.67. The van der Waals surface area contributed by atoms with Crippen molar-refractivity contribution in [1.29, 1.82) is 0 Å². The molecule has 0 radical (unpaired) electrons. The highest BCUT2D eigenvalue weighted by Gasteiger charge is 2.37. The first-order chi connectivity index (χ1) is 9.27. The molecule has 0 spiro atoms. The summed E-state index contributed by atoms with van der Waals surface area (Å²) in [4.78, 5) is 14.4. The lowest BCUT2D eigenvalue weighted by atomic mass is 9.75. The van der Waals surface area contributed by atoms with Crippen LogP contribution in [-0.4, -0.2) is 43.0 Å². The van der Waals surface area contributed by atoms with Crippen LogP contribution in [0.5, 0.6) is 0 Å². The monoisotopic (exact) mass is 283 g/mol. The average molecular weight is 283 g/mol. The number of nitrogens with two attached hydrogens (primary N) is 1. The zero-order valence-electron chi connectivity index (χ0n) is 13.9. The van der Waals surface area contributed by atoms with Gasteiger partial charge in [-0.2, -0.15) is 0 Å². The molecule has 20 heavy (non-hydrogen) atoms. The van der Waals surface area contributed by atoms with Crippen LogP contribution in [-0.2, 0) is 4.79 Å². The number of hydrogen-bond donors (Lipinski definition) is 2. The van der Waals surface area contributed by atoms with E-state index in [9.17, 15) is 4.79 Å². The van der Waals surface area contributed by atoms with E-state index in [-0.39, 0.29) is 17.5 Å². The van der Waals surface area contributed by atoms with E-state index in [1.807, 2.05) is 0 Å². The van der Waals surface area contributed by atoms with Crippen molar-refractivity contribution >= 4 is 5.91 Å². The lowest BCUT2D eigenvalue weighted by molar-refractivity contribution is -0.123. The van der Waals surface area contributed by atoms with Crippen molar-refractivity contribution in [1.82, 2.24) is 10.2 Å². The third-order valence-corrected chi connectivity index (χ3v) is 4.67. The van der Waals surface area contributed by atoms with Crippen molar-refractivity contribution in [3.8, 4) is 0 Å². The lowest BCUT2D eigenvalue weighted by Gasteiger charge is -2.45. The van der Waals surface area contributed by atoms with E-state index in [2.05, 4.69) is 45.1 Å². The highest BCUT2D eigenvalue weighted by Crippen LogP contribution is 2.35. The van der Waals surface area contributed by atoms with Crippen molar-refractivity contribution in [2.75, 3.05) is 20.6 Å². The Morgan fingerprint density at radius 1 is 1.45 bits per heavy atom. The fourth-order valence-electron chi connectivity index (χ4n) is 3.35. The predicted octanol–water partition coefficient (Wildman–Crippen LogP) is 1.99. The van der Waals surface area contributed by atoms with Crippen LogP contribution in [0.2, 0.25) is 0 Å². The minimum Gasteiger partial charge on any atom is -0.353 e. The molecule has 0 aromatic rings. The fraction of sp³-hybridized carbons (Fsp3) is 0.938. The maximum atomic E-state index is 12.1. The maximum absolute atomic E-state index is 12.1. The molecular weight excluding hydrogens is 250 g/mol. The molecule has 0 aliphatic heterocycles. The Balaban J connectivity index is 2.57. The van der Waals surface area contributed by atoms with E-state index in [0.717, 1.165) is 31.7 Å². The van der Waals surface area contributed by atoms with Gasteiger partial charge < -0.3 is 16.0 Å². The molecule has 1 saturated carbocycles. The van der Waals surface area contributed by atoms with Crippen LogP contribution in [0.15, 0.2) is 0 Å². The maximum Gasteiger partial charge on any atom is 0.236 e. The van der Waals surface area contributed by atoms with Crippen molar-refractivity contribution in [3.05, 3.63) is 0 Å².